The number of rotatable bonds is 3. The van der Waals surface area contributed by atoms with E-state index in [2.05, 4.69) is 15.8 Å². The Morgan fingerprint density at radius 2 is 1.78 bits per heavy atom. The predicted molar refractivity (Wildman–Crippen MR) is 104 cm³/mol. The maximum absolute atomic E-state index is 13.1. The minimum Gasteiger partial charge on any atom is -0.368 e. The molecule has 2 aliphatic heterocycles. The zero-order chi connectivity index (χ0) is 18.8. The maximum Gasteiger partial charge on any atom is 0.241 e. The molecule has 0 aliphatic carbocycles. The molecule has 1 amide bonds. The SMILES string of the molecule is O=C(C1CC(c2cccc(Cl)c2)NN1)N1CCN(c2ccc(F)cc2)CC1. The summed E-state index contributed by atoms with van der Waals surface area (Å²) in [5, 5.41) is 0.695. The van der Waals surface area contributed by atoms with E-state index in [4.69, 9.17) is 11.6 Å². The van der Waals surface area contributed by atoms with Crippen LogP contribution >= 0.6 is 11.6 Å². The first-order valence-corrected chi connectivity index (χ1v) is 9.54. The van der Waals surface area contributed by atoms with Crippen molar-refractivity contribution < 1.29 is 9.18 Å². The summed E-state index contributed by atoms with van der Waals surface area (Å²) in [4.78, 5) is 16.9. The zero-order valence-electron chi connectivity index (χ0n) is 14.9. The Kier molecular flexibility index (Phi) is 5.29. The first-order chi connectivity index (χ1) is 13.1. The highest BCUT2D eigenvalue weighted by molar-refractivity contribution is 6.30. The number of hydrazine groups is 1. The molecule has 2 aromatic rings. The molecule has 2 N–H and O–H groups in total. The quantitative estimate of drug-likeness (QED) is 0.848. The summed E-state index contributed by atoms with van der Waals surface area (Å²) >= 11 is 6.07. The van der Waals surface area contributed by atoms with Crippen LogP contribution in [0.25, 0.3) is 0 Å². The highest BCUT2D eigenvalue weighted by Crippen LogP contribution is 2.25. The average molecular weight is 389 g/mol. The summed E-state index contributed by atoms with van der Waals surface area (Å²) in [6.45, 7) is 2.82. The van der Waals surface area contributed by atoms with Crippen molar-refractivity contribution in [3.8, 4) is 0 Å². The Labute approximate surface area is 163 Å². The van der Waals surface area contributed by atoms with E-state index in [1.165, 1.54) is 12.1 Å². The van der Waals surface area contributed by atoms with E-state index >= 15 is 0 Å². The van der Waals surface area contributed by atoms with Gasteiger partial charge in [-0.1, -0.05) is 23.7 Å². The van der Waals surface area contributed by atoms with Crippen LogP contribution in [0.5, 0.6) is 0 Å². The van der Waals surface area contributed by atoms with Gasteiger partial charge in [-0.3, -0.25) is 4.79 Å². The number of carbonyl (C=O) groups excluding carboxylic acids is 1. The van der Waals surface area contributed by atoms with E-state index in [1.54, 1.807) is 12.1 Å². The molecular formula is C20H22ClFN4O. The molecule has 0 bridgehead atoms. The largest absolute Gasteiger partial charge is 0.368 e. The van der Waals surface area contributed by atoms with E-state index in [-0.39, 0.29) is 23.8 Å². The number of benzene rings is 2. The molecule has 4 rings (SSSR count). The second kappa shape index (κ2) is 7.84. The zero-order valence-corrected chi connectivity index (χ0v) is 15.6. The molecule has 142 valence electrons. The highest BCUT2D eigenvalue weighted by Gasteiger charge is 2.34. The predicted octanol–water partition coefficient (Wildman–Crippen LogP) is 2.74. The van der Waals surface area contributed by atoms with Gasteiger partial charge < -0.3 is 9.80 Å². The van der Waals surface area contributed by atoms with Gasteiger partial charge >= 0.3 is 0 Å². The van der Waals surface area contributed by atoms with Gasteiger partial charge in [0, 0.05) is 42.9 Å². The van der Waals surface area contributed by atoms with Crippen LogP contribution in [-0.2, 0) is 4.79 Å². The number of amides is 1. The monoisotopic (exact) mass is 388 g/mol. The van der Waals surface area contributed by atoms with Gasteiger partial charge in [-0.25, -0.2) is 15.2 Å². The molecule has 2 aromatic carbocycles. The highest BCUT2D eigenvalue weighted by atomic mass is 35.5. The van der Waals surface area contributed by atoms with Crippen molar-refractivity contribution in [3.05, 3.63) is 64.9 Å². The summed E-state index contributed by atoms with van der Waals surface area (Å²) in [6, 6.07) is 14.0. The van der Waals surface area contributed by atoms with E-state index in [1.807, 2.05) is 29.2 Å². The van der Waals surface area contributed by atoms with Crippen LogP contribution in [-0.4, -0.2) is 43.0 Å². The Balaban J connectivity index is 1.32. The number of carbonyl (C=O) groups is 1. The lowest BCUT2D eigenvalue weighted by atomic mass is 10.0. The number of hydrogen-bond donors (Lipinski definition) is 2. The van der Waals surface area contributed by atoms with Gasteiger partial charge in [-0.2, -0.15) is 0 Å². The van der Waals surface area contributed by atoms with Crippen LogP contribution in [0, 0.1) is 5.82 Å². The van der Waals surface area contributed by atoms with Crippen molar-refractivity contribution in [3.63, 3.8) is 0 Å². The molecule has 2 unspecified atom stereocenters. The van der Waals surface area contributed by atoms with Crippen molar-refractivity contribution in [2.45, 2.75) is 18.5 Å². The van der Waals surface area contributed by atoms with Gasteiger partial charge in [0.05, 0.1) is 0 Å². The fourth-order valence-electron chi connectivity index (χ4n) is 3.72. The average Bonchev–Trinajstić information content (AvgIpc) is 3.18. The molecule has 0 aromatic heterocycles. The minimum atomic E-state index is -0.244. The van der Waals surface area contributed by atoms with Crippen molar-refractivity contribution in [2.24, 2.45) is 0 Å². The lowest BCUT2D eigenvalue weighted by Gasteiger charge is -2.37. The van der Waals surface area contributed by atoms with Gasteiger partial charge in [0.25, 0.3) is 0 Å². The van der Waals surface area contributed by atoms with Crippen molar-refractivity contribution in [2.75, 3.05) is 31.1 Å². The smallest absolute Gasteiger partial charge is 0.241 e. The third-order valence-electron chi connectivity index (χ3n) is 5.24. The summed E-state index contributed by atoms with van der Waals surface area (Å²) in [5.74, 6) is -0.118. The molecular weight excluding hydrogens is 367 g/mol. The summed E-state index contributed by atoms with van der Waals surface area (Å²) in [5.41, 5.74) is 8.41. The first-order valence-electron chi connectivity index (χ1n) is 9.16. The summed E-state index contributed by atoms with van der Waals surface area (Å²) in [6.07, 6.45) is 0.692. The summed E-state index contributed by atoms with van der Waals surface area (Å²) in [7, 11) is 0. The fourth-order valence-corrected chi connectivity index (χ4v) is 3.92. The van der Waals surface area contributed by atoms with Gasteiger partial charge in [-0.15, -0.1) is 0 Å². The number of piperazine rings is 1. The molecule has 0 radical (unpaired) electrons. The van der Waals surface area contributed by atoms with Crippen LogP contribution in [0.15, 0.2) is 48.5 Å². The molecule has 2 fully saturated rings. The van der Waals surface area contributed by atoms with Crippen molar-refractivity contribution in [1.82, 2.24) is 15.8 Å². The van der Waals surface area contributed by atoms with E-state index in [9.17, 15) is 9.18 Å². The Morgan fingerprint density at radius 1 is 1.04 bits per heavy atom. The second-order valence-corrected chi connectivity index (χ2v) is 7.41. The number of nitrogens with one attached hydrogen (secondary N) is 2. The van der Waals surface area contributed by atoms with Crippen LogP contribution in [0.4, 0.5) is 10.1 Å². The lowest BCUT2D eigenvalue weighted by Crippen LogP contribution is -2.53. The van der Waals surface area contributed by atoms with Gasteiger partial charge in [0.1, 0.15) is 11.9 Å². The topological polar surface area (TPSA) is 47.6 Å². The molecule has 2 saturated heterocycles. The first kappa shape index (κ1) is 18.2. The lowest BCUT2D eigenvalue weighted by molar-refractivity contribution is -0.133. The van der Waals surface area contributed by atoms with Crippen molar-refractivity contribution >= 4 is 23.2 Å². The maximum atomic E-state index is 13.1. The number of hydrogen-bond acceptors (Lipinski definition) is 4. The molecule has 2 heterocycles. The molecule has 7 heteroatoms. The molecule has 2 aliphatic rings. The third-order valence-corrected chi connectivity index (χ3v) is 5.47. The molecule has 0 spiro atoms. The standard InChI is InChI=1S/C20H22ClFN4O/c21-15-3-1-2-14(12-15)18-13-19(24-23-18)20(27)26-10-8-25(9-11-26)17-6-4-16(22)5-7-17/h1-7,12,18-19,23-24H,8-11,13H2. The number of halogens is 2. The van der Waals surface area contributed by atoms with E-state index < -0.39 is 0 Å². The molecule has 0 saturated carbocycles. The fraction of sp³-hybridized carbons (Fsp3) is 0.350. The van der Waals surface area contributed by atoms with Crippen LogP contribution in [0.1, 0.15) is 18.0 Å². The molecule has 2 atom stereocenters. The summed E-state index contributed by atoms with van der Waals surface area (Å²) < 4.78 is 13.1. The second-order valence-electron chi connectivity index (χ2n) is 6.97. The van der Waals surface area contributed by atoms with Crippen LogP contribution in [0.2, 0.25) is 5.02 Å². The van der Waals surface area contributed by atoms with Crippen LogP contribution < -0.4 is 15.8 Å². The third kappa shape index (κ3) is 4.08. The molecule has 27 heavy (non-hydrogen) atoms. The van der Waals surface area contributed by atoms with Gasteiger partial charge in [0.2, 0.25) is 5.91 Å². The number of nitrogens with zero attached hydrogens (tertiary/aromatic N) is 2. The van der Waals surface area contributed by atoms with E-state index in [0.717, 1.165) is 24.3 Å². The minimum absolute atomic E-state index is 0.0677. The number of anilines is 1. The van der Waals surface area contributed by atoms with Crippen LogP contribution in [0.3, 0.4) is 0 Å². The Morgan fingerprint density at radius 3 is 2.48 bits per heavy atom. The molecule has 5 nitrogen and oxygen atoms in total. The Bertz CT molecular complexity index is 808. The van der Waals surface area contributed by atoms with Crippen molar-refractivity contribution in [1.29, 1.82) is 0 Å². The Hall–Kier alpha value is -2.15. The van der Waals surface area contributed by atoms with E-state index in [0.29, 0.717) is 24.5 Å². The normalized spacial score (nSPS) is 22.9. The van der Waals surface area contributed by atoms with Gasteiger partial charge in [-0.05, 0) is 48.4 Å². The van der Waals surface area contributed by atoms with Gasteiger partial charge in [0.15, 0.2) is 0 Å².